The molecule has 0 aliphatic rings. The molecule has 0 saturated carbocycles. The first-order chi connectivity index (χ1) is 8.79. The van der Waals surface area contributed by atoms with Gasteiger partial charge in [0.05, 0.1) is 12.3 Å². The van der Waals surface area contributed by atoms with Crippen LogP contribution in [0.25, 0.3) is 0 Å². The molecule has 0 spiro atoms. The highest BCUT2D eigenvalue weighted by atomic mass is 32.1. The summed E-state index contributed by atoms with van der Waals surface area (Å²) < 4.78 is 11.0. The van der Waals surface area contributed by atoms with Crippen LogP contribution >= 0.6 is 11.3 Å². The Kier molecular flexibility index (Phi) is 4.41. The first-order valence-corrected chi connectivity index (χ1v) is 6.72. The largest absolute Gasteiger partial charge is 0.476 e. The van der Waals surface area contributed by atoms with E-state index < -0.39 is 0 Å². The molecule has 2 aromatic heterocycles. The van der Waals surface area contributed by atoms with Crippen LogP contribution in [-0.2, 0) is 6.61 Å². The molecule has 0 fully saturated rings. The maximum Gasteiger partial charge on any atom is 0.240 e. The van der Waals surface area contributed by atoms with Crippen molar-refractivity contribution >= 4 is 17.0 Å². The number of thiophene rings is 1. The lowest BCUT2D eigenvalue weighted by Crippen LogP contribution is -2.03. The Morgan fingerprint density at radius 2 is 2.17 bits per heavy atom. The Morgan fingerprint density at radius 3 is 2.89 bits per heavy atom. The smallest absolute Gasteiger partial charge is 0.240 e. The number of hydrogen-bond acceptors (Lipinski definition) is 5. The summed E-state index contributed by atoms with van der Waals surface area (Å²) in [5.41, 5.74) is 6.31. The Hall–Kier alpha value is -1.75. The zero-order chi connectivity index (χ0) is 12.8. The van der Waals surface area contributed by atoms with Gasteiger partial charge in [0.15, 0.2) is 0 Å². The molecule has 96 valence electrons. The summed E-state index contributed by atoms with van der Waals surface area (Å²) in [6.45, 7) is 3.15. The minimum atomic E-state index is 0.445. The average molecular weight is 264 g/mol. The Morgan fingerprint density at radius 1 is 1.28 bits per heavy atom. The molecule has 0 unspecified atom stereocenters. The summed E-state index contributed by atoms with van der Waals surface area (Å²) in [6.07, 6.45) is 0.918. The summed E-state index contributed by atoms with van der Waals surface area (Å²) in [7, 11) is 0. The third-order valence-electron chi connectivity index (χ3n) is 2.25. The zero-order valence-electron chi connectivity index (χ0n) is 10.3. The molecule has 2 aromatic rings. The fourth-order valence-electron chi connectivity index (χ4n) is 1.37. The second-order valence-electron chi connectivity index (χ2n) is 3.76. The second-order valence-corrected chi connectivity index (χ2v) is 4.79. The molecule has 0 radical (unpaired) electrons. The minimum absolute atomic E-state index is 0.445. The molecule has 0 atom stereocenters. The highest BCUT2D eigenvalue weighted by Gasteiger charge is 2.05. The number of nitrogens with two attached hydrogens (primary N) is 1. The lowest BCUT2D eigenvalue weighted by Gasteiger charge is -2.09. The van der Waals surface area contributed by atoms with Gasteiger partial charge in [0.1, 0.15) is 6.61 Å². The lowest BCUT2D eigenvalue weighted by atomic mass is 10.4. The van der Waals surface area contributed by atoms with Crippen molar-refractivity contribution in [2.75, 3.05) is 12.3 Å². The van der Waals surface area contributed by atoms with Gasteiger partial charge in [-0.1, -0.05) is 13.0 Å². The van der Waals surface area contributed by atoms with Crippen LogP contribution in [0.5, 0.6) is 11.8 Å². The summed E-state index contributed by atoms with van der Waals surface area (Å²) in [5, 5.41) is 2.02. The third-order valence-corrected chi connectivity index (χ3v) is 3.10. The van der Waals surface area contributed by atoms with Gasteiger partial charge in [0.25, 0.3) is 0 Å². The molecule has 2 N–H and O–H groups in total. The van der Waals surface area contributed by atoms with Gasteiger partial charge >= 0.3 is 0 Å². The van der Waals surface area contributed by atoms with E-state index in [9.17, 15) is 0 Å². The third kappa shape index (κ3) is 3.37. The SMILES string of the molecule is CCCOc1nc(OCc2cccs2)ccc1N. The van der Waals surface area contributed by atoms with E-state index in [0.29, 0.717) is 30.7 Å². The number of nitrogen functional groups attached to an aromatic ring is 1. The van der Waals surface area contributed by atoms with Gasteiger partial charge in [-0.2, -0.15) is 4.98 Å². The summed E-state index contributed by atoms with van der Waals surface area (Å²) in [4.78, 5) is 5.40. The quantitative estimate of drug-likeness (QED) is 0.871. The molecule has 2 rings (SSSR count). The van der Waals surface area contributed by atoms with Crippen molar-refractivity contribution in [3.63, 3.8) is 0 Å². The number of pyridine rings is 1. The number of anilines is 1. The zero-order valence-corrected chi connectivity index (χ0v) is 11.1. The molecule has 0 aliphatic carbocycles. The van der Waals surface area contributed by atoms with E-state index in [1.54, 1.807) is 23.5 Å². The maximum absolute atomic E-state index is 5.78. The van der Waals surface area contributed by atoms with E-state index in [1.165, 1.54) is 0 Å². The van der Waals surface area contributed by atoms with Gasteiger partial charge in [-0.3, -0.25) is 0 Å². The second kappa shape index (κ2) is 6.26. The number of rotatable bonds is 6. The topological polar surface area (TPSA) is 57.4 Å². The number of nitrogens with zero attached hydrogens (tertiary/aromatic N) is 1. The fraction of sp³-hybridized carbons (Fsp3) is 0.308. The van der Waals surface area contributed by atoms with E-state index in [4.69, 9.17) is 15.2 Å². The molecule has 0 aliphatic heterocycles. The Balaban J connectivity index is 2.00. The Bertz CT molecular complexity index is 486. The van der Waals surface area contributed by atoms with Crippen LogP contribution in [0.4, 0.5) is 5.69 Å². The number of hydrogen-bond donors (Lipinski definition) is 1. The normalized spacial score (nSPS) is 10.3. The van der Waals surface area contributed by atoms with Crippen molar-refractivity contribution in [3.05, 3.63) is 34.5 Å². The van der Waals surface area contributed by atoms with Gasteiger partial charge < -0.3 is 15.2 Å². The van der Waals surface area contributed by atoms with Gasteiger partial charge in [-0.15, -0.1) is 11.3 Å². The van der Waals surface area contributed by atoms with E-state index in [0.717, 1.165) is 11.3 Å². The van der Waals surface area contributed by atoms with Crippen LogP contribution in [0.1, 0.15) is 18.2 Å². The van der Waals surface area contributed by atoms with E-state index in [2.05, 4.69) is 4.98 Å². The van der Waals surface area contributed by atoms with Crippen LogP contribution in [0.2, 0.25) is 0 Å². The molecule has 0 bridgehead atoms. The average Bonchev–Trinajstić information content (AvgIpc) is 2.89. The molecular weight excluding hydrogens is 248 g/mol. The predicted molar refractivity (Wildman–Crippen MR) is 73.1 cm³/mol. The van der Waals surface area contributed by atoms with E-state index in [1.807, 2.05) is 24.4 Å². The van der Waals surface area contributed by atoms with E-state index >= 15 is 0 Å². The molecule has 18 heavy (non-hydrogen) atoms. The highest BCUT2D eigenvalue weighted by molar-refractivity contribution is 7.09. The fourth-order valence-corrected chi connectivity index (χ4v) is 1.98. The van der Waals surface area contributed by atoms with Crippen LogP contribution in [0.3, 0.4) is 0 Å². The minimum Gasteiger partial charge on any atom is -0.476 e. The van der Waals surface area contributed by atoms with Crippen LogP contribution in [-0.4, -0.2) is 11.6 Å². The maximum atomic E-state index is 5.78. The molecule has 0 saturated heterocycles. The lowest BCUT2D eigenvalue weighted by molar-refractivity contribution is 0.276. The van der Waals surface area contributed by atoms with Crippen LogP contribution in [0.15, 0.2) is 29.6 Å². The van der Waals surface area contributed by atoms with Crippen molar-refractivity contribution in [1.29, 1.82) is 0 Å². The van der Waals surface area contributed by atoms with Gasteiger partial charge in [0.2, 0.25) is 11.8 Å². The highest BCUT2D eigenvalue weighted by Crippen LogP contribution is 2.23. The van der Waals surface area contributed by atoms with Crippen LogP contribution in [0, 0.1) is 0 Å². The summed E-state index contributed by atoms with van der Waals surface area (Å²) >= 11 is 1.65. The van der Waals surface area contributed by atoms with Crippen LogP contribution < -0.4 is 15.2 Å². The summed E-state index contributed by atoms with van der Waals surface area (Å²) in [6, 6.07) is 7.52. The van der Waals surface area contributed by atoms with Crippen molar-refractivity contribution in [2.45, 2.75) is 20.0 Å². The molecule has 4 nitrogen and oxygen atoms in total. The molecule has 0 amide bonds. The number of aromatic nitrogens is 1. The standard InChI is InChI=1S/C13H16N2O2S/c1-2-7-16-13-11(14)5-6-12(15-13)17-9-10-4-3-8-18-10/h3-6,8H,2,7,9,14H2,1H3. The van der Waals surface area contributed by atoms with Gasteiger partial charge in [-0.05, 0) is 23.9 Å². The first-order valence-electron chi connectivity index (χ1n) is 5.84. The number of ether oxygens (including phenoxy) is 2. The molecule has 2 heterocycles. The van der Waals surface area contributed by atoms with Crippen molar-refractivity contribution in [2.24, 2.45) is 0 Å². The molecule has 0 aromatic carbocycles. The predicted octanol–water partition coefficient (Wildman–Crippen LogP) is 3.09. The van der Waals surface area contributed by atoms with Crippen molar-refractivity contribution in [3.8, 4) is 11.8 Å². The first kappa shape index (κ1) is 12.7. The van der Waals surface area contributed by atoms with Gasteiger partial charge in [-0.25, -0.2) is 0 Å². The van der Waals surface area contributed by atoms with Crippen molar-refractivity contribution in [1.82, 2.24) is 4.98 Å². The van der Waals surface area contributed by atoms with Crippen molar-refractivity contribution < 1.29 is 9.47 Å². The van der Waals surface area contributed by atoms with E-state index in [-0.39, 0.29) is 0 Å². The van der Waals surface area contributed by atoms with Gasteiger partial charge in [0, 0.05) is 10.9 Å². The molecule has 5 heteroatoms. The monoisotopic (exact) mass is 264 g/mol. The summed E-state index contributed by atoms with van der Waals surface area (Å²) in [5.74, 6) is 0.976. The molecular formula is C13H16N2O2S. The Labute approximate surface area is 110 Å².